The lowest BCUT2D eigenvalue weighted by Gasteiger charge is -1.97. The number of aryl methyl sites for hydroxylation is 1. The van der Waals surface area contributed by atoms with Crippen LogP contribution in [0.3, 0.4) is 0 Å². The molecule has 0 saturated carbocycles. The first-order chi connectivity index (χ1) is 4.84. The normalized spacial score (nSPS) is 9.80. The maximum absolute atomic E-state index is 5.78. The molecule has 0 atom stereocenters. The van der Waals surface area contributed by atoms with Crippen LogP contribution in [0.2, 0.25) is 5.02 Å². The fraction of sp³-hybridized carbons (Fsp3) is 0.286. The molecule has 0 aliphatic rings. The van der Waals surface area contributed by atoms with Gasteiger partial charge in [-0.3, -0.25) is 4.98 Å². The molecule has 0 saturated heterocycles. The van der Waals surface area contributed by atoms with Crippen molar-refractivity contribution in [3.63, 3.8) is 0 Å². The highest BCUT2D eigenvalue weighted by atomic mass is 35.5. The third-order valence-electron chi connectivity index (χ3n) is 1.17. The van der Waals surface area contributed by atoms with E-state index in [2.05, 4.69) is 4.98 Å². The first-order valence-corrected chi connectivity index (χ1v) is 3.91. The van der Waals surface area contributed by atoms with Crippen molar-refractivity contribution < 1.29 is 0 Å². The Bertz CT molecular complexity index is 213. The lowest BCUT2D eigenvalue weighted by atomic mass is 10.3. The van der Waals surface area contributed by atoms with Gasteiger partial charge in [0.25, 0.3) is 0 Å². The molecule has 54 valence electrons. The lowest BCUT2D eigenvalue weighted by Crippen LogP contribution is -1.90. The Morgan fingerprint density at radius 3 is 2.90 bits per heavy atom. The third kappa shape index (κ3) is 1.86. The van der Waals surface area contributed by atoms with Crippen molar-refractivity contribution in [2.75, 3.05) is 5.88 Å². The van der Waals surface area contributed by atoms with E-state index >= 15 is 0 Å². The first kappa shape index (κ1) is 7.83. The molecule has 3 heteroatoms. The Balaban J connectivity index is 2.81. The van der Waals surface area contributed by atoms with Gasteiger partial charge in [-0.15, -0.1) is 11.6 Å². The van der Waals surface area contributed by atoms with Crippen molar-refractivity contribution in [1.82, 2.24) is 4.98 Å². The van der Waals surface area contributed by atoms with Crippen molar-refractivity contribution in [1.29, 1.82) is 0 Å². The second kappa shape index (κ2) is 3.79. The zero-order valence-corrected chi connectivity index (χ0v) is 6.86. The van der Waals surface area contributed by atoms with Crippen LogP contribution in [0.25, 0.3) is 0 Å². The second-order valence-electron chi connectivity index (χ2n) is 1.87. The highest BCUT2D eigenvalue weighted by molar-refractivity contribution is 6.31. The summed E-state index contributed by atoms with van der Waals surface area (Å²) in [6, 6.07) is 3.62. The number of aromatic nitrogens is 1. The standard InChI is InChI=1S/C7H7Cl2N/c8-4-3-7-6(9)2-1-5-10-7/h1-2,5H,3-4H2. The van der Waals surface area contributed by atoms with Gasteiger partial charge in [-0.2, -0.15) is 0 Å². The molecule has 1 nitrogen and oxygen atoms in total. The van der Waals surface area contributed by atoms with E-state index in [9.17, 15) is 0 Å². The minimum Gasteiger partial charge on any atom is -0.260 e. The molecule has 0 amide bonds. The van der Waals surface area contributed by atoms with Gasteiger partial charge in [0.1, 0.15) is 0 Å². The number of nitrogens with zero attached hydrogens (tertiary/aromatic N) is 1. The fourth-order valence-electron chi connectivity index (χ4n) is 0.692. The average Bonchev–Trinajstić information content (AvgIpc) is 1.94. The Hall–Kier alpha value is -0.270. The van der Waals surface area contributed by atoms with Crippen molar-refractivity contribution in [3.8, 4) is 0 Å². The lowest BCUT2D eigenvalue weighted by molar-refractivity contribution is 1.04. The minimum absolute atomic E-state index is 0.566. The van der Waals surface area contributed by atoms with Crippen molar-refractivity contribution in [3.05, 3.63) is 29.0 Å². The summed E-state index contributed by atoms with van der Waals surface area (Å²) in [5.74, 6) is 0.566. The quantitative estimate of drug-likeness (QED) is 0.631. The van der Waals surface area contributed by atoms with Crippen LogP contribution in [-0.4, -0.2) is 10.9 Å². The highest BCUT2D eigenvalue weighted by Gasteiger charge is 1.97. The molecule has 0 aliphatic carbocycles. The third-order valence-corrected chi connectivity index (χ3v) is 1.70. The smallest absolute Gasteiger partial charge is 0.0621 e. The van der Waals surface area contributed by atoms with Crippen LogP contribution in [0.1, 0.15) is 5.69 Å². The maximum Gasteiger partial charge on any atom is 0.0621 e. The Morgan fingerprint density at radius 1 is 1.50 bits per heavy atom. The summed E-state index contributed by atoms with van der Waals surface area (Å²) >= 11 is 11.3. The van der Waals surface area contributed by atoms with Crippen LogP contribution < -0.4 is 0 Å². The van der Waals surface area contributed by atoms with E-state index in [1.54, 1.807) is 12.3 Å². The van der Waals surface area contributed by atoms with Crippen molar-refractivity contribution >= 4 is 23.2 Å². The molecule has 0 radical (unpaired) electrons. The van der Waals surface area contributed by atoms with E-state index in [4.69, 9.17) is 23.2 Å². The summed E-state index contributed by atoms with van der Waals surface area (Å²) in [4.78, 5) is 4.05. The van der Waals surface area contributed by atoms with Crippen LogP contribution in [0.15, 0.2) is 18.3 Å². The summed E-state index contributed by atoms with van der Waals surface area (Å²) in [5.41, 5.74) is 0.874. The zero-order chi connectivity index (χ0) is 7.40. The first-order valence-electron chi connectivity index (χ1n) is 3.00. The minimum atomic E-state index is 0.566. The molecule has 0 unspecified atom stereocenters. The van der Waals surface area contributed by atoms with Gasteiger partial charge in [0.15, 0.2) is 0 Å². The maximum atomic E-state index is 5.78. The summed E-state index contributed by atoms with van der Waals surface area (Å²) in [5, 5.41) is 0.697. The molecule has 0 N–H and O–H groups in total. The summed E-state index contributed by atoms with van der Waals surface area (Å²) in [6.07, 6.45) is 2.45. The van der Waals surface area contributed by atoms with E-state index in [1.165, 1.54) is 0 Å². The zero-order valence-electron chi connectivity index (χ0n) is 5.35. The molecule has 0 fully saturated rings. The van der Waals surface area contributed by atoms with E-state index in [0.717, 1.165) is 12.1 Å². The predicted molar refractivity (Wildman–Crippen MR) is 43.7 cm³/mol. The molecular weight excluding hydrogens is 169 g/mol. The SMILES string of the molecule is ClCCc1ncccc1Cl. The summed E-state index contributed by atoms with van der Waals surface area (Å²) < 4.78 is 0. The van der Waals surface area contributed by atoms with Crippen LogP contribution in [0.4, 0.5) is 0 Å². The number of hydrogen-bond donors (Lipinski definition) is 0. The van der Waals surface area contributed by atoms with Crippen molar-refractivity contribution in [2.45, 2.75) is 6.42 Å². The molecule has 0 aromatic carbocycles. The number of alkyl halides is 1. The topological polar surface area (TPSA) is 12.9 Å². The molecule has 0 aliphatic heterocycles. The van der Waals surface area contributed by atoms with E-state index in [0.29, 0.717) is 10.9 Å². The fourth-order valence-corrected chi connectivity index (χ4v) is 1.09. The van der Waals surface area contributed by atoms with Gasteiger partial charge < -0.3 is 0 Å². The van der Waals surface area contributed by atoms with Crippen LogP contribution in [0.5, 0.6) is 0 Å². The Kier molecular flexibility index (Phi) is 2.97. The van der Waals surface area contributed by atoms with Gasteiger partial charge in [0.05, 0.1) is 10.7 Å². The van der Waals surface area contributed by atoms with E-state index < -0.39 is 0 Å². The Morgan fingerprint density at radius 2 is 2.30 bits per heavy atom. The molecule has 0 spiro atoms. The highest BCUT2D eigenvalue weighted by Crippen LogP contribution is 2.12. The average molecular weight is 176 g/mol. The molecule has 0 bridgehead atoms. The van der Waals surface area contributed by atoms with Crippen LogP contribution >= 0.6 is 23.2 Å². The largest absolute Gasteiger partial charge is 0.260 e. The van der Waals surface area contributed by atoms with Crippen LogP contribution in [0, 0.1) is 0 Å². The molecule has 1 heterocycles. The van der Waals surface area contributed by atoms with Gasteiger partial charge in [-0.05, 0) is 12.1 Å². The van der Waals surface area contributed by atoms with Gasteiger partial charge in [0.2, 0.25) is 0 Å². The van der Waals surface area contributed by atoms with Gasteiger partial charge >= 0.3 is 0 Å². The van der Waals surface area contributed by atoms with E-state index in [-0.39, 0.29) is 0 Å². The van der Waals surface area contributed by atoms with Gasteiger partial charge in [-0.25, -0.2) is 0 Å². The summed E-state index contributed by atoms with van der Waals surface area (Å²) in [6.45, 7) is 0. The monoisotopic (exact) mass is 175 g/mol. The number of pyridine rings is 1. The van der Waals surface area contributed by atoms with Gasteiger partial charge in [-0.1, -0.05) is 11.6 Å². The Labute approximate surface area is 70.0 Å². The molecule has 1 aromatic heterocycles. The molecular formula is C7H7Cl2N. The molecule has 1 rings (SSSR count). The van der Waals surface area contributed by atoms with Crippen molar-refractivity contribution in [2.24, 2.45) is 0 Å². The number of halogens is 2. The predicted octanol–water partition coefficient (Wildman–Crippen LogP) is 2.52. The molecule has 1 aromatic rings. The second-order valence-corrected chi connectivity index (χ2v) is 2.66. The van der Waals surface area contributed by atoms with E-state index in [1.807, 2.05) is 6.07 Å². The summed E-state index contributed by atoms with van der Waals surface area (Å²) in [7, 11) is 0. The number of hydrogen-bond acceptors (Lipinski definition) is 1. The molecule has 10 heavy (non-hydrogen) atoms. The number of rotatable bonds is 2. The van der Waals surface area contributed by atoms with Crippen LogP contribution in [-0.2, 0) is 6.42 Å². The van der Waals surface area contributed by atoms with Gasteiger partial charge in [0, 0.05) is 18.5 Å².